The number of aryl methyl sites for hydroxylation is 1. The second kappa shape index (κ2) is 5.95. The summed E-state index contributed by atoms with van der Waals surface area (Å²) in [5.74, 6) is 0.555. The molecule has 9 heteroatoms. The zero-order valence-electron chi connectivity index (χ0n) is 10.3. The molecule has 0 saturated heterocycles. The summed E-state index contributed by atoms with van der Waals surface area (Å²) in [6, 6.07) is 0. The van der Waals surface area contributed by atoms with E-state index in [2.05, 4.69) is 19.8 Å². The van der Waals surface area contributed by atoms with Gasteiger partial charge in [0.15, 0.2) is 0 Å². The molecule has 104 valence electrons. The molecule has 0 aromatic carbocycles. The zero-order chi connectivity index (χ0) is 13.7. The predicted molar refractivity (Wildman–Crippen MR) is 68.5 cm³/mol. The Kier molecular flexibility index (Phi) is 4.30. The topological polar surface area (TPSA) is 119 Å². The van der Waals surface area contributed by atoms with Crippen molar-refractivity contribution in [3.8, 4) is 0 Å². The maximum Gasteiger partial charge on any atom is 0.244 e. The number of nitrogens with one attached hydrogen (secondary N) is 2. The molecular weight excluding hydrogens is 268 g/mol. The fourth-order valence-electron chi connectivity index (χ4n) is 1.50. The minimum absolute atomic E-state index is 0.114. The molecule has 0 fully saturated rings. The molecule has 2 aromatic heterocycles. The third kappa shape index (κ3) is 3.63. The van der Waals surface area contributed by atoms with Gasteiger partial charge in [0.1, 0.15) is 10.7 Å². The summed E-state index contributed by atoms with van der Waals surface area (Å²) in [6.07, 6.45) is 6.76. The van der Waals surface area contributed by atoms with Crippen molar-refractivity contribution in [1.29, 1.82) is 0 Å². The number of imidazole rings is 1. The summed E-state index contributed by atoms with van der Waals surface area (Å²) in [5, 5.41) is 3.98. The van der Waals surface area contributed by atoms with E-state index in [-0.39, 0.29) is 11.4 Å². The van der Waals surface area contributed by atoms with Crippen LogP contribution in [0.5, 0.6) is 0 Å². The first-order valence-corrected chi connectivity index (χ1v) is 7.30. The van der Waals surface area contributed by atoms with E-state index in [0.717, 1.165) is 6.42 Å². The van der Waals surface area contributed by atoms with Crippen LogP contribution in [0, 0.1) is 0 Å². The number of hydrogen-bond donors (Lipinski definition) is 3. The highest BCUT2D eigenvalue weighted by Crippen LogP contribution is 2.07. The van der Waals surface area contributed by atoms with Gasteiger partial charge in [-0.05, 0) is 13.0 Å². The second-order valence-electron chi connectivity index (χ2n) is 3.94. The molecule has 0 unspecified atom stereocenters. The number of rotatable bonds is 7. The fourth-order valence-corrected chi connectivity index (χ4v) is 2.44. The van der Waals surface area contributed by atoms with Gasteiger partial charge in [0.05, 0.1) is 12.7 Å². The Balaban J connectivity index is 2.00. The van der Waals surface area contributed by atoms with Crippen molar-refractivity contribution >= 4 is 10.0 Å². The van der Waals surface area contributed by atoms with Crippen LogP contribution in [0.1, 0.15) is 12.2 Å². The normalized spacial score (nSPS) is 11.8. The SMILES string of the molecule is NCCCn1cc(S(=O)(=O)NCc2ncc[nH]2)cn1. The molecule has 0 aliphatic rings. The summed E-state index contributed by atoms with van der Waals surface area (Å²) >= 11 is 0. The summed E-state index contributed by atoms with van der Waals surface area (Å²) in [6.45, 7) is 1.26. The van der Waals surface area contributed by atoms with Crippen molar-refractivity contribution in [2.24, 2.45) is 5.73 Å². The molecule has 0 atom stereocenters. The number of nitrogens with zero attached hydrogens (tertiary/aromatic N) is 3. The summed E-state index contributed by atoms with van der Waals surface area (Å²) in [4.78, 5) is 6.90. The highest BCUT2D eigenvalue weighted by Gasteiger charge is 2.16. The van der Waals surface area contributed by atoms with Gasteiger partial charge in [0.2, 0.25) is 10.0 Å². The van der Waals surface area contributed by atoms with Crippen molar-refractivity contribution in [2.45, 2.75) is 24.4 Å². The minimum atomic E-state index is -3.57. The summed E-state index contributed by atoms with van der Waals surface area (Å²) in [7, 11) is -3.57. The Morgan fingerprint density at radius 1 is 1.47 bits per heavy atom. The van der Waals surface area contributed by atoms with Crippen LogP contribution >= 0.6 is 0 Å². The molecule has 4 N–H and O–H groups in total. The van der Waals surface area contributed by atoms with Gasteiger partial charge in [0, 0.05) is 25.1 Å². The van der Waals surface area contributed by atoms with Gasteiger partial charge in [-0.3, -0.25) is 4.68 Å². The third-order valence-electron chi connectivity index (χ3n) is 2.50. The Morgan fingerprint density at radius 3 is 3.00 bits per heavy atom. The van der Waals surface area contributed by atoms with E-state index in [1.165, 1.54) is 12.4 Å². The smallest absolute Gasteiger partial charge is 0.244 e. The van der Waals surface area contributed by atoms with Crippen LogP contribution in [-0.4, -0.2) is 34.7 Å². The highest BCUT2D eigenvalue weighted by molar-refractivity contribution is 7.89. The number of aromatic nitrogens is 4. The average molecular weight is 284 g/mol. The molecule has 0 bridgehead atoms. The number of H-pyrrole nitrogens is 1. The number of aromatic amines is 1. The second-order valence-corrected chi connectivity index (χ2v) is 5.71. The Hall–Kier alpha value is -1.71. The molecule has 0 amide bonds. The van der Waals surface area contributed by atoms with E-state index in [1.54, 1.807) is 17.1 Å². The first-order valence-electron chi connectivity index (χ1n) is 5.82. The van der Waals surface area contributed by atoms with Crippen molar-refractivity contribution in [1.82, 2.24) is 24.5 Å². The molecule has 2 heterocycles. The van der Waals surface area contributed by atoms with E-state index in [9.17, 15) is 8.42 Å². The first-order chi connectivity index (χ1) is 9.12. The Morgan fingerprint density at radius 2 is 2.32 bits per heavy atom. The van der Waals surface area contributed by atoms with Gasteiger partial charge in [-0.1, -0.05) is 0 Å². The van der Waals surface area contributed by atoms with Gasteiger partial charge in [0.25, 0.3) is 0 Å². The lowest BCUT2D eigenvalue weighted by atomic mass is 10.4. The average Bonchev–Trinajstić information content (AvgIpc) is 3.05. The van der Waals surface area contributed by atoms with E-state index in [0.29, 0.717) is 18.9 Å². The van der Waals surface area contributed by atoms with Crippen LogP contribution in [0.2, 0.25) is 0 Å². The van der Waals surface area contributed by atoms with Gasteiger partial charge < -0.3 is 10.7 Å². The third-order valence-corrected chi connectivity index (χ3v) is 3.85. The Labute approximate surface area is 111 Å². The van der Waals surface area contributed by atoms with Crippen molar-refractivity contribution in [3.05, 3.63) is 30.6 Å². The summed E-state index contributed by atoms with van der Waals surface area (Å²) < 4.78 is 28.0. The van der Waals surface area contributed by atoms with Crippen molar-refractivity contribution in [3.63, 3.8) is 0 Å². The van der Waals surface area contributed by atoms with Crippen LogP contribution in [0.4, 0.5) is 0 Å². The lowest BCUT2D eigenvalue weighted by molar-refractivity contribution is 0.575. The van der Waals surface area contributed by atoms with Crippen LogP contribution < -0.4 is 10.5 Å². The quantitative estimate of drug-likeness (QED) is 0.629. The van der Waals surface area contributed by atoms with Gasteiger partial charge >= 0.3 is 0 Å². The van der Waals surface area contributed by atoms with Crippen LogP contribution in [0.25, 0.3) is 0 Å². The lowest BCUT2D eigenvalue weighted by Gasteiger charge is -2.02. The van der Waals surface area contributed by atoms with Crippen LogP contribution in [0.3, 0.4) is 0 Å². The lowest BCUT2D eigenvalue weighted by Crippen LogP contribution is -2.23. The first kappa shape index (κ1) is 13.7. The number of nitrogens with two attached hydrogens (primary N) is 1. The summed E-state index contributed by atoms with van der Waals surface area (Å²) in [5.41, 5.74) is 5.39. The Bertz CT molecular complexity index is 604. The molecule has 8 nitrogen and oxygen atoms in total. The molecule has 2 rings (SSSR count). The molecule has 19 heavy (non-hydrogen) atoms. The van der Waals surface area contributed by atoms with E-state index >= 15 is 0 Å². The molecule has 2 aromatic rings. The number of hydrogen-bond acceptors (Lipinski definition) is 5. The maximum atomic E-state index is 12.0. The molecule has 0 radical (unpaired) electrons. The van der Waals surface area contributed by atoms with E-state index in [4.69, 9.17) is 5.73 Å². The van der Waals surface area contributed by atoms with E-state index in [1.807, 2.05) is 0 Å². The molecule has 0 spiro atoms. The maximum absolute atomic E-state index is 12.0. The van der Waals surface area contributed by atoms with E-state index < -0.39 is 10.0 Å². The molecular formula is C10H16N6O2S. The van der Waals surface area contributed by atoms with Crippen LogP contribution in [-0.2, 0) is 23.1 Å². The standard InChI is InChI=1S/C10H16N6O2S/c11-2-1-5-16-8-9(6-14-16)19(17,18)15-7-10-12-3-4-13-10/h3-4,6,8,15H,1-2,5,7,11H2,(H,12,13). The largest absolute Gasteiger partial charge is 0.347 e. The minimum Gasteiger partial charge on any atom is -0.347 e. The van der Waals surface area contributed by atoms with Gasteiger partial charge in [-0.25, -0.2) is 18.1 Å². The monoisotopic (exact) mass is 284 g/mol. The molecule has 0 saturated carbocycles. The van der Waals surface area contributed by atoms with Crippen molar-refractivity contribution < 1.29 is 8.42 Å². The van der Waals surface area contributed by atoms with Crippen LogP contribution in [0.15, 0.2) is 29.7 Å². The van der Waals surface area contributed by atoms with Crippen molar-refractivity contribution in [2.75, 3.05) is 6.54 Å². The molecule has 0 aliphatic carbocycles. The molecule has 0 aliphatic heterocycles. The fraction of sp³-hybridized carbons (Fsp3) is 0.400. The highest BCUT2D eigenvalue weighted by atomic mass is 32.2. The van der Waals surface area contributed by atoms with Gasteiger partial charge in [-0.2, -0.15) is 5.10 Å². The number of sulfonamides is 1. The zero-order valence-corrected chi connectivity index (χ0v) is 11.1. The van der Waals surface area contributed by atoms with Gasteiger partial charge in [-0.15, -0.1) is 0 Å². The predicted octanol–water partition coefficient (Wildman–Crippen LogP) is -0.566.